The van der Waals surface area contributed by atoms with Crippen molar-refractivity contribution in [2.75, 3.05) is 19.6 Å². The van der Waals surface area contributed by atoms with Crippen molar-refractivity contribution in [3.05, 3.63) is 0 Å². The predicted molar refractivity (Wildman–Crippen MR) is 79.1 cm³/mol. The van der Waals surface area contributed by atoms with Crippen LogP contribution in [0.1, 0.15) is 58.8 Å². The van der Waals surface area contributed by atoms with Crippen molar-refractivity contribution >= 4 is 10.2 Å². The first-order valence-electron chi connectivity index (χ1n) is 7.50. The zero-order valence-corrected chi connectivity index (χ0v) is 13.1. The summed E-state index contributed by atoms with van der Waals surface area (Å²) in [5, 5.41) is 0. The topological polar surface area (TPSA) is 75.4 Å². The molecular weight excluding hydrogens is 262 g/mol. The lowest BCUT2D eigenvalue weighted by Crippen LogP contribution is -2.59. The molecule has 1 aliphatic carbocycles. The second kappa shape index (κ2) is 7.57. The van der Waals surface area contributed by atoms with Gasteiger partial charge in [0, 0.05) is 25.2 Å². The highest BCUT2D eigenvalue weighted by atomic mass is 32.2. The van der Waals surface area contributed by atoms with Crippen molar-refractivity contribution in [1.82, 2.24) is 9.03 Å². The van der Waals surface area contributed by atoms with Crippen LogP contribution >= 0.6 is 0 Å². The standard InChI is InChI=1S/C13H29N3O2S/c1-3-11-16(19(17,18)15-4-2)13(12-14)9-7-5-6-8-10-13/h15H,3-12,14H2,1-2H3. The average molecular weight is 291 g/mol. The molecule has 0 aromatic rings. The minimum absolute atomic E-state index is 0.381. The highest BCUT2D eigenvalue weighted by molar-refractivity contribution is 7.87. The van der Waals surface area contributed by atoms with Crippen LogP contribution in [0.2, 0.25) is 0 Å². The van der Waals surface area contributed by atoms with Gasteiger partial charge in [-0.05, 0) is 19.3 Å². The van der Waals surface area contributed by atoms with Crippen molar-refractivity contribution < 1.29 is 8.42 Å². The molecule has 0 aromatic heterocycles. The molecule has 0 spiro atoms. The zero-order valence-electron chi connectivity index (χ0n) is 12.3. The first-order valence-corrected chi connectivity index (χ1v) is 8.94. The van der Waals surface area contributed by atoms with E-state index in [1.165, 1.54) is 12.8 Å². The molecule has 0 radical (unpaired) electrons. The molecule has 0 aromatic carbocycles. The van der Waals surface area contributed by atoms with Crippen LogP contribution in [0.15, 0.2) is 0 Å². The van der Waals surface area contributed by atoms with E-state index in [0.717, 1.165) is 32.1 Å². The Balaban J connectivity index is 3.05. The van der Waals surface area contributed by atoms with E-state index in [-0.39, 0.29) is 5.54 Å². The Kier molecular flexibility index (Phi) is 6.73. The Hall–Kier alpha value is -0.170. The molecule has 3 N–H and O–H groups in total. The molecule has 0 atom stereocenters. The van der Waals surface area contributed by atoms with Gasteiger partial charge in [0.2, 0.25) is 0 Å². The van der Waals surface area contributed by atoms with Crippen LogP contribution in [0.4, 0.5) is 0 Å². The lowest BCUT2D eigenvalue weighted by Gasteiger charge is -2.41. The maximum Gasteiger partial charge on any atom is 0.279 e. The van der Waals surface area contributed by atoms with E-state index in [1.54, 1.807) is 4.31 Å². The second-order valence-corrected chi connectivity index (χ2v) is 7.10. The summed E-state index contributed by atoms with van der Waals surface area (Å²) >= 11 is 0. The van der Waals surface area contributed by atoms with Crippen LogP contribution in [0, 0.1) is 0 Å². The molecule has 0 amide bonds. The molecule has 5 nitrogen and oxygen atoms in total. The largest absolute Gasteiger partial charge is 0.329 e. The first-order chi connectivity index (χ1) is 9.02. The van der Waals surface area contributed by atoms with Gasteiger partial charge in [0.1, 0.15) is 0 Å². The monoisotopic (exact) mass is 291 g/mol. The molecular formula is C13H29N3O2S. The molecule has 1 saturated carbocycles. The van der Waals surface area contributed by atoms with Crippen LogP contribution in [0.5, 0.6) is 0 Å². The van der Waals surface area contributed by atoms with E-state index >= 15 is 0 Å². The third-order valence-corrected chi connectivity index (χ3v) is 5.79. The molecule has 1 rings (SSSR count). The summed E-state index contributed by atoms with van der Waals surface area (Å²) in [6, 6.07) is 0. The fraction of sp³-hybridized carbons (Fsp3) is 1.00. The van der Waals surface area contributed by atoms with E-state index in [9.17, 15) is 8.42 Å². The number of nitrogens with one attached hydrogen (secondary N) is 1. The van der Waals surface area contributed by atoms with Gasteiger partial charge in [0.15, 0.2) is 0 Å². The Morgan fingerprint density at radius 2 is 1.74 bits per heavy atom. The van der Waals surface area contributed by atoms with Gasteiger partial charge in [-0.3, -0.25) is 0 Å². The molecule has 0 unspecified atom stereocenters. The third kappa shape index (κ3) is 4.15. The maximum absolute atomic E-state index is 12.5. The summed E-state index contributed by atoms with van der Waals surface area (Å²) in [7, 11) is -3.42. The fourth-order valence-electron chi connectivity index (χ4n) is 3.02. The Morgan fingerprint density at radius 3 is 2.16 bits per heavy atom. The van der Waals surface area contributed by atoms with E-state index in [2.05, 4.69) is 4.72 Å². The number of nitrogens with zero attached hydrogens (tertiary/aromatic N) is 1. The van der Waals surface area contributed by atoms with Crippen molar-refractivity contribution in [3.63, 3.8) is 0 Å². The summed E-state index contributed by atoms with van der Waals surface area (Å²) in [5.74, 6) is 0. The van der Waals surface area contributed by atoms with E-state index in [4.69, 9.17) is 5.73 Å². The van der Waals surface area contributed by atoms with Crippen LogP contribution in [-0.2, 0) is 10.2 Å². The molecule has 0 heterocycles. The maximum atomic E-state index is 12.5. The van der Waals surface area contributed by atoms with E-state index < -0.39 is 10.2 Å². The molecule has 1 aliphatic rings. The summed E-state index contributed by atoms with van der Waals surface area (Å²) in [6.45, 7) is 5.20. The minimum atomic E-state index is -3.42. The molecule has 114 valence electrons. The molecule has 0 aliphatic heterocycles. The van der Waals surface area contributed by atoms with Crippen molar-refractivity contribution in [1.29, 1.82) is 0 Å². The van der Waals surface area contributed by atoms with Crippen LogP contribution in [0.3, 0.4) is 0 Å². The van der Waals surface area contributed by atoms with Gasteiger partial charge >= 0.3 is 0 Å². The van der Waals surface area contributed by atoms with Gasteiger partial charge in [0.25, 0.3) is 10.2 Å². The van der Waals surface area contributed by atoms with Crippen molar-refractivity contribution in [2.45, 2.75) is 64.3 Å². The SMILES string of the molecule is CCCN(C1(CN)CCCCCC1)S(=O)(=O)NCC. The molecule has 0 saturated heterocycles. The summed E-state index contributed by atoms with van der Waals surface area (Å²) < 4.78 is 29.2. The highest BCUT2D eigenvalue weighted by Gasteiger charge is 2.41. The van der Waals surface area contributed by atoms with Gasteiger partial charge < -0.3 is 5.73 Å². The van der Waals surface area contributed by atoms with E-state index in [0.29, 0.717) is 19.6 Å². The number of rotatable bonds is 7. The molecule has 19 heavy (non-hydrogen) atoms. The van der Waals surface area contributed by atoms with Crippen molar-refractivity contribution in [3.8, 4) is 0 Å². The van der Waals surface area contributed by atoms with Gasteiger partial charge in [-0.2, -0.15) is 12.7 Å². The molecule has 0 bridgehead atoms. The molecule has 6 heteroatoms. The Labute approximate surface area is 118 Å². The number of hydrogen-bond acceptors (Lipinski definition) is 3. The number of hydrogen-bond donors (Lipinski definition) is 2. The van der Waals surface area contributed by atoms with Gasteiger partial charge in [-0.15, -0.1) is 0 Å². The molecule has 1 fully saturated rings. The highest BCUT2D eigenvalue weighted by Crippen LogP contribution is 2.33. The summed E-state index contributed by atoms with van der Waals surface area (Å²) in [6.07, 6.45) is 7.08. The van der Waals surface area contributed by atoms with E-state index in [1.807, 2.05) is 13.8 Å². The van der Waals surface area contributed by atoms with Crippen molar-refractivity contribution in [2.24, 2.45) is 5.73 Å². The normalized spacial score (nSPS) is 20.4. The van der Waals surface area contributed by atoms with Crippen LogP contribution < -0.4 is 10.5 Å². The lowest BCUT2D eigenvalue weighted by molar-refractivity contribution is 0.165. The van der Waals surface area contributed by atoms with Crippen LogP contribution in [0.25, 0.3) is 0 Å². The minimum Gasteiger partial charge on any atom is -0.329 e. The Morgan fingerprint density at radius 1 is 1.16 bits per heavy atom. The summed E-state index contributed by atoms with van der Waals surface area (Å²) in [4.78, 5) is 0. The predicted octanol–water partition coefficient (Wildman–Crippen LogP) is 1.60. The van der Waals surface area contributed by atoms with Crippen LogP contribution in [-0.4, -0.2) is 37.9 Å². The summed E-state index contributed by atoms with van der Waals surface area (Å²) in [5.41, 5.74) is 5.62. The third-order valence-electron chi connectivity index (χ3n) is 3.99. The number of nitrogens with two attached hydrogens (primary N) is 1. The second-order valence-electron chi connectivity index (χ2n) is 5.42. The quantitative estimate of drug-likeness (QED) is 0.700. The fourth-order valence-corrected chi connectivity index (χ4v) is 4.73. The first kappa shape index (κ1) is 16.9. The zero-order chi connectivity index (χ0) is 14.4. The van der Waals surface area contributed by atoms with Gasteiger partial charge in [-0.1, -0.05) is 39.5 Å². The Bertz CT molecular complexity index is 349. The lowest BCUT2D eigenvalue weighted by atomic mass is 9.90. The smallest absolute Gasteiger partial charge is 0.279 e. The average Bonchev–Trinajstić information content (AvgIpc) is 2.62. The van der Waals surface area contributed by atoms with Gasteiger partial charge in [0.05, 0.1) is 0 Å². The van der Waals surface area contributed by atoms with Gasteiger partial charge in [-0.25, -0.2) is 4.72 Å².